The smallest absolute Gasteiger partial charge is 0.130 e. The van der Waals surface area contributed by atoms with E-state index in [1.807, 2.05) is 37.4 Å². The van der Waals surface area contributed by atoms with E-state index in [9.17, 15) is 0 Å². The van der Waals surface area contributed by atoms with Crippen molar-refractivity contribution in [2.75, 3.05) is 13.6 Å². The molecule has 0 amide bonds. The third kappa shape index (κ3) is 4.39. The van der Waals surface area contributed by atoms with Gasteiger partial charge < -0.3 is 4.74 Å². The quantitative estimate of drug-likeness (QED) is 0.578. The first kappa shape index (κ1) is 20.4. The highest BCUT2D eigenvalue weighted by Crippen LogP contribution is 2.45. The molecule has 1 heterocycles. The summed E-state index contributed by atoms with van der Waals surface area (Å²) in [5, 5.41) is 2.36. The maximum Gasteiger partial charge on any atom is 0.130 e. The summed E-state index contributed by atoms with van der Waals surface area (Å²) in [7, 11) is 2.02. The molecule has 3 aromatic rings. The van der Waals surface area contributed by atoms with E-state index in [0.717, 1.165) is 30.9 Å². The van der Waals surface area contributed by atoms with E-state index < -0.39 is 0 Å². The van der Waals surface area contributed by atoms with Crippen molar-refractivity contribution in [2.45, 2.75) is 24.8 Å². The molecule has 1 fully saturated rings. The number of piperidine rings is 1. The van der Waals surface area contributed by atoms with E-state index in [4.69, 9.17) is 4.74 Å². The monoisotopic (exact) mass is 394 g/mol. The Morgan fingerprint density at radius 2 is 1.50 bits per heavy atom. The fourth-order valence-electron chi connectivity index (χ4n) is 4.13. The van der Waals surface area contributed by atoms with Crippen molar-refractivity contribution in [2.24, 2.45) is 0 Å². The summed E-state index contributed by atoms with van der Waals surface area (Å²) in [6.07, 6.45) is 2.31. The van der Waals surface area contributed by atoms with Gasteiger partial charge in [-0.25, -0.2) is 5.01 Å². The van der Waals surface area contributed by atoms with E-state index in [2.05, 4.69) is 65.0 Å². The number of hydrazine groups is 1. The Kier molecular flexibility index (Phi) is 7.10. The summed E-state index contributed by atoms with van der Waals surface area (Å²) >= 11 is 0. The standard InChI is InChI=1S/C24H26N2O.ClH/c1-25-26-18-10-16-22(24(26)19-11-4-2-5-12-19)21-15-8-9-17-23(21)27-20-13-6-3-7-14-20;/h2-9,11-15,17,22,24-25H,10,16,18H2,1H3;1H/t22-,24+;/m1./s1. The molecule has 0 spiro atoms. The number of hydrogen-bond donors (Lipinski definition) is 1. The van der Waals surface area contributed by atoms with Crippen LogP contribution in [0.15, 0.2) is 84.9 Å². The first-order valence-electron chi connectivity index (χ1n) is 9.67. The van der Waals surface area contributed by atoms with Crippen LogP contribution < -0.4 is 10.2 Å². The maximum atomic E-state index is 6.28. The topological polar surface area (TPSA) is 24.5 Å². The van der Waals surface area contributed by atoms with E-state index in [1.54, 1.807) is 0 Å². The number of benzene rings is 3. The van der Waals surface area contributed by atoms with Crippen LogP contribution >= 0.6 is 12.4 Å². The van der Waals surface area contributed by atoms with Gasteiger partial charge in [-0.05, 0) is 49.2 Å². The normalized spacial score (nSPS) is 19.6. The molecule has 0 aliphatic carbocycles. The molecule has 3 nitrogen and oxygen atoms in total. The van der Waals surface area contributed by atoms with Crippen LogP contribution in [0.4, 0.5) is 0 Å². The summed E-state index contributed by atoms with van der Waals surface area (Å²) in [6.45, 7) is 1.05. The lowest BCUT2D eigenvalue weighted by molar-refractivity contribution is 0.0793. The lowest BCUT2D eigenvalue weighted by Crippen LogP contribution is -2.44. The number of halogens is 1. The van der Waals surface area contributed by atoms with Gasteiger partial charge in [-0.3, -0.25) is 5.43 Å². The number of nitrogens with one attached hydrogen (secondary N) is 1. The predicted molar refractivity (Wildman–Crippen MR) is 117 cm³/mol. The van der Waals surface area contributed by atoms with E-state index in [1.165, 1.54) is 11.1 Å². The first-order chi connectivity index (χ1) is 13.4. The summed E-state index contributed by atoms with van der Waals surface area (Å²) < 4.78 is 6.28. The van der Waals surface area contributed by atoms with Gasteiger partial charge in [0.2, 0.25) is 0 Å². The Morgan fingerprint density at radius 3 is 2.21 bits per heavy atom. The second-order valence-electron chi connectivity index (χ2n) is 6.97. The largest absolute Gasteiger partial charge is 0.457 e. The van der Waals surface area contributed by atoms with Crippen molar-refractivity contribution < 1.29 is 4.74 Å². The van der Waals surface area contributed by atoms with Crippen molar-refractivity contribution in [3.8, 4) is 11.5 Å². The molecule has 1 saturated heterocycles. The van der Waals surface area contributed by atoms with Gasteiger partial charge in [0.15, 0.2) is 0 Å². The van der Waals surface area contributed by atoms with Crippen molar-refractivity contribution in [1.29, 1.82) is 0 Å². The highest BCUT2D eigenvalue weighted by Gasteiger charge is 2.34. The average Bonchev–Trinajstić information content (AvgIpc) is 2.75. The van der Waals surface area contributed by atoms with Gasteiger partial charge in [0, 0.05) is 12.5 Å². The average molecular weight is 395 g/mol. The highest BCUT2D eigenvalue weighted by atomic mass is 35.5. The zero-order valence-corrected chi connectivity index (χ0v) is 16.9. The summed E-state index contributed by atoms with van der Waals surface area (Å²) in [4.78, 5) is 0. The molecular weight excluding hydrogens is 368 g/mol. The lowest BCUT2D eigenvalue weighted by Gasteiger charge is -2.41. The van der Waals surface area contributed by atoms with Gasteiger partial charge in [0.25, 0.3) is 0 Å². The van der Waals surface area contributed by atoms with Crippen LogP contribution in [0.1, 0.15) is 35.9 Å². The number of rotatable bonds is 5. The second kappa shape index (κ2) is 9.74. The Bertz CT molecular complexity index is 857. The van der Waals surface area contributed by atoms with Crippen LogP contribution in [-0.4, -0.2) is 18.6 Å². The Labute approximate surface area is 173 Å². The molecule has 1 aliphatic heterocycles. The van der Waals surface area contributed by atoms with Crippen LogP contribution in [0.5, 0.6) is 11.5 Å². The molecule has 0 radical (unpaired) electrons. The van der Waals surface area contributed by atoms with Gasteiger partial charge in [0.1, 0.15) is 11.5 Å². The van der Waals surface area contributed by atoms with E-state index in [-0.39, 0.29) is 18.4 Å². The Balaban J connectivity index is 0.00000225. The Hall–Kier alpha value is -2.33. The zero-order valence-electron chi connectivity index (χ0n) is 16.1. The van der Waals surface area contributed by atoms with Crippen LogP contribution in [0.2, 0.25) is 0 Å². The molecule has 146 valence electrons. The molecule has 28 heavy (non-hydrogen) atoms. The molecule has 1 aliphatic rings. The minimum Gasteiger partial charge on any atom is -0.457 e. The lowest BCUT2D eigenvalue weighted by atomic mass is 9.80. The second-order valence-corrected chi connectivity index (χ2v) is 6.97. The Morgan fingerprint density at radius 1 is 0.857 bits per heavy atom. The van der Waals surface area contributed by atoms with Gasteiger partial charge in [-0.15, -0.1) is 12.4 Å². The predicted octanol–water partition coefficient (Wildman–Crippen LogP) is 5.96. The SMILES string of the molecule is CNN1CCC[C@H](c2ccccc2Oc2ccccc2)[C@@H]1c1ccccc1.Cl. The van der Waals surface area contributed by atoms with Crippen LogP contribution in [0.25, 0.3) is 0 Å². The number of nitrogens with zero attached hydrogens (tertiary/aromatic N) is 1. The molecule has 0 saturated carbocycles. The minimum absolute atomic E-state index is 0. The molecule has 0 unspecified atom stereocenters. The molecule has 0 aromatic heterocycles. The van der Waals surface area contributed by atoms with Crippen molar-refractivity contribution in [3.63, 3.8) is 0 Å². The van der Waals surface area contributed by atoms with E-state index in [0.29, 0.717) is 5.92 Å². The first-order valence-corrected chi connectivity index (χ1v) is 9.67. The van der Waals surface area contributed by atoms with Gasteiger partial charge >= 0.3 is 0 Å². The molecule has 3 aromatic carbocycles. The number of para-hydroxylation sites is 2. The third-order valence-electron chi connectivity index (χ3n) is 5.35. The van der Waals surface area contributed by atoms with Crippen LogP contribution in [0, 0.1) is 0 Å². The van der Waals surface area contributed by atoms with Crippen LogP contribution in [-0.2, 0) is 0 Å². The van der Waals surface area contributed by atoms with Gasteiger partial charge in [-0.2, -0.15) is 0 Å². The van der Waals surface area contributed by atoms with Gasteiger partial charge in [-0.1, -0.05) is 66.7 Å². The molecule has 1 N–H and O–H groups in total. The van der Waals surface area contributed by atoms with Crippen molar-refractivity contribution in [1.82, 2.24) is 10.4 Å². The van der Waals surface area contributed by atoms with Crippen LogP contribution in [0.3, 0.4) is 0 Å². The zero-order chi connectivity index (χ0) is 18.5. The third-order valence-corrected chi connectivity index (χ3v) is 5.35. The van der Waals surface area contributed by atoms with Crippen molar-refractivity contribution >= 4 is 12.4 Å². The minimum atomic E-state index is 0. The molecular formula is C24H27ClN2O. The number of ether oxygens (including phenoxy) is 1. The fourth-order valence-corrected chi connectivity index (χ4v) is 4.13. The maximum absolute atomic E-state index is 6.28. The summed E-state index contributed by atoms with van der Waals surface area (Å²) in [5.41, 5.74) is 6.03. The summed E-state index contributed by atoms with van der Waals surface area (Å²) in [5.74, 6) is 2.20. The van der Waals surface area contributed by atoms with Gasteiger partial charge in [0.05, 0.1) is 6.04 Å². The highest BCUT2D eigenvalue weighted by molar-refractivity contribution is 5.85. The number of hydrogen-bond acceptors (Lipinski definition) is 3. The summed E-state index contributed by atoms with van der Waals surface area (Å²) in [6, 6.07) is 29.6. The molecule has 0 bridgehead atoms. The molecule has 2 atom stereocenters. The van der Waals surface area contributed by atoms with E-state index >= 15 is 0 Å². The van der Waals surface area contributed by atoms with Crippen molar-refractivity contribution in [3.05, 3.63) is 96.1 Å². The molecule has 4 heteroatoms. The molecule has 4 rings (SSSR count). The fraction of sp³-hybridized carbons (Fsp3) is 0.250.